The van der Waals surface area contributed by atoms with Gasteiger partial charge in [-0.3, -0.25) is 9.78 Å². The highest BCUT2D eigenvalue weighted by Gasteiger charge is 2.15. The molecule has 0 atom stereocenters. The van der Waals surface area contributed by atoms with E-state index in [1.807, 2.05) is 0 Å². The average molecular weight is 252 g/mol. The van der Waals surface area contributed by atoms with Gasteiger partial charge in [0.05, 0.1) is 7.11 Å². The highest BCUT2D eigenvalue weighted by molar-refractivity contribution is 6.08. The van der Waals surface area contributed by atoms with Gasteiger partial charge >= 0.3 is 0 Å². The Hall–Kier alpha value is -2.62. The molecule has 0 spiro atoms. The predicted molar refractivity (Wildman–Crippen MR) is 69.3 cm³/mol. The Morgan fingerprint density at radius 3 is 3.00 bits per heavy atom. The number of rotatable bonds is 3. The van der Waals surface area contributed by atoms with Crippen LogP contribution in [-0.2, 0) is 0 Å². The molecule has 4 nitrogen and oxygen atoms in total. The standard InChI is InChI=1S/C15H10NO3/c1-18-12-4-5-13-11(7-12)8-14(19-13)15(17)10-3-2-6-16-9-10/h2-7,9H,1H3. The number of carbonyl (C=O) groups is 1. The number of ketones is 1. The van der Waals surface area contributed by atoms with E-state index in [1.54, 1.807) is 43.6 Å². The maximum atomic E-state index is 12.2. The van der Waals surface area contributed by atoms with Crippen LogP contribution in [0.1, 0.15) is 16.1 Å². The molecule has 2 heterocycles. The molecule has 0 unspecified atom stereocenters. The van der Waals surface area contributed by atoms with Crippen LogP contribution in [-0.4, -0.2) is 17.9 Å². The van der Waals surface area contributed by atoms with Gasteiger partial charge in [-0.25, -0.2) is 0 Å². The second-order valence-corrected chi connectivity index (χ2v) is 3.99. The zero-order valence-electron chi connectivity index (χ0n) is 10.2. The Morgan fingerprint density at radius 1 is 1.37 bits per heavy atom. The molecule has 0 aliphatic carbocycles. The summed E-state index contributed by atoms with van der Waals surface area (Å²) in [6.45, 7) is 0. The van der Waals surface area contributed by atoms with Crippen molar-refractivity contribution in [2.75, 3.05) is 7.11 Å². The van der Waals surface area contributed by atoms with Crippen molar-refractivity contribution in [2.24, 2.45) is 0 Å². The molecule has 2 aromatic heterocycles. The highest BCUT2D eigenvalue weighted by atomic mass is 16.5. The molecule has 1 radical (unpaired) electrons. The minimum absolute atomic E-state index is 0.177. The van der Waals surface area contributed by atoms with Crippen LogP contribution in [0.3, 0.4) is 0 Å². The summed E-state index contributed by atoms with van der Waals surface area (Å²) in [5.74, 6) is 0.643. The number of aromatic nitrogens is 1. The molecule has 93 valence electrons. The molecule has 0 saturated carbocycles. The zero-order chi connectivity index (χ0) is 13.2. The van der Waals surface area contributed by atoms with Crippen molar-refractivity contribution < 1.29 is 13.9 Å². The van der Waals surface area contributed by atoms with E-state index >= 15 is 0 Å². The van der Waals surface area contributed by atoms with E-state index in [-0.39, 0.29) is 11.5 Å². The third-order valence-corrected chi connectivity index (χ3v) is 2.78. The number of methoxy groups -OCH3 is 1. The molecule has 0 saturated heterocycles. The third-order valence-electron chi connectivity index (χ3n) is 2.78. The van der Waals surface area contributed by atoms with Crippen LogP contribution in [0.5, 0.6) is 5.75 Å². The summed E-state index contributed by atoms with van der Waals surface area (Å²) in [4.78, 5) is 16.1. The van der Waals surface area contributed by atoms with E-state index in [0.717, 1.165) is 0 Å². The number of hydrogen-bond acceptors (Lipinski definition) is 4. The van der Waals surface area contributed by atoms with E-state index in [0.29, 0.717) is 22.3 Å². The van der Waals surface area contributed by atoms with Gasteiger partial charge in [-0.1, -0.05) is 0 Å². The first-order chi connectivity index (χ1) is 9.28. The topological polar surface area (TPSA) is 52.3 Å². The molecule has 0 N–H and O–H groups in total. The molecule has 0 amide bonds. The first-order valence-corrected chi connectivity index (χ1v) is 5.72. The van der Waals surface area contributed by atoms with Crippen molar-refractivity contribution >= 4 is 16.8 Å². The second-order valence-electron chi connectivity index (χ2n) is 3.99. The van der Waals surface area contributed by atoms with Gasteiger partial charge in [0.15, 0.2) is 5.76 Å². The molecular formula is C15H10NO3. The maximum Gasteiger partial charge on any atom is 0.230 e. The van der Waals surface area contributed by atoms with Crippen molar-refractivity contribution in [3.05, 3.63) is 60.1 Å². The molecule has 1 aromatic carbocycles. The van der Waals surface area contributed by atoms with Gasteiger partial charge in [0, 0.05) is 29.4 Å². The lowest BCUT2D eigenvalue weighted by molar-refractivity contribution is 0.101. The number of benzene rings is 1. The zero-order valence-corrected chi connectivity index (χ0v) is 10.2. The number of fused-ring (bicyclic) bond motifs is 1. The Balaban J connectivity index is 2.04. The number of hydrogen-bond donors (Lipinski definition) is 0. The fraction of sp³-hybridized carbons (Fsp3) is 0.0667. The van der Waals surface area contributed by atoms with Crippen molar-refractivity contribution in [2.45, 2.75) is 0 Å². The maximum absolute atomic E-state index is 12.2. The summed E-state index contributed by atoms with van der Waals surface area (Å²) in [5, 5.41) is 0.714. The number of pyridine rings is 1. The van der Waals surface area contributed by atoms with Crippen LogP contribution in [0.2, 0.25) is 0 Å². The van der Waals surface area contributed by atoms with E-state index in [4.69, 9.17) is 9.15 Å². The van der Waals surface area contributed by atoms with Gasteiger partial charge in [-0.2, -0.15) is 0 Å². The van der Waals surface area contributed by atoms with Gasteiger partial charge < -0.3 is 9.15 Å². The summed E-state index contributed by atoms with van der Waals surface area (Å²) in [5.41, 5.74) is 1.08. The average Bonchev–Trinajstić information content (AvgIpc) is 2.90. The molecule has 0 bridgehead atoms. The molecule has 0 fully saturated rings. The van der Waals surface area contributed by atoms with E-state index in [2.05, 4.69) is 11.1 Å². The number of furan rings is 1. The van der Waals surface area contributed by atoms with Crippen LogP contribution in [0.15, 0.2) is 47.1 Å². The summed E-state index contributed by atoms with van der Waals surface area (Å²) < 4.78 is 10.6. The Labute approximate surface area is 109 Å². The number of ether oxygens (including phenoxy) is 1. The quantitative estimate of drug-likeness (QED) is 0.672. The molecule has 0 aliphatic heterocycles. The van der Waals surface area contributed by atoms with Crippen molar-refractivity contribution in [1.29, 1.82) is 0 Å². The summed E-state index contributed by atoms with van der Waals surface area (Å²) in [6, 6.07) is 11.7. The van der Waals surface area contributed by atoms with Gasteiger partial charge in [-0.15, -0.1) is 0 Å². The van der Waals surface area contributed by atoms with Gasteiger partial charge in [0.2, 0.25) is 5.78 Å². The lowest BCUT2D eigenvalue weighted by atomic mass is 10.1. The van der Waals surface area contributed by atoms with Crippen LogP contribution in [0.4, 0.5) is 0 Å². The number of nitrogens with zero attached hydrogens (tertiary/aromatic N) is 1. The predicted octanol–water partition coefficient (Wildman–Crippen LogP) is 2.87. The third kappa shape index (κ3) is 2.08. The van der Waals surface area contributed by atoms with Crippen molar-refractivity contribution in [3.63, 3.8) is 0 Å². The van der Waals surface area contributed by atoms with E-state index in [9.17, 15) is 4.79 Å². The minimum Gasteiger partial charge on any atom is -0.497 e. The van der Waals surface area contributed by atoms with Crippen LogP contribution >= 0.6 is 0 Å². The molecule has 0 aliphatic rings. The van der Waals surface area contributed by atoms with Crippen LogP contribution < -0.4 is 4.74 Å². The normalized spacial score (nSPS) is 10.6. The summed E-state index contributed by atoms with van der Waals surface area (Å²) in [6.07, 6.45) is 3.12. The molecule has 3 rings (SSSR count). The molecular weight excluding hydrogens is 242 g/mol. The van der Waals surface area contributed by atoms with Gasteiger partial charge in [-0.05, 0) is 30.3 Å². The second kappa shape index (κ2) is 4.57. The lowest BCUT2D eigenvalue weighted by Crippen LogP contribution is -1.99. The minimum atomic E-state index is -0.233. The largest absolute Gasteiger partial charge is 0.497 e. The monoisotopic (exact) mass is 252 g/mol. The van der Waals surface area contributed by atoms with Gasteiger partial charge in [0.1, 0.15) is 11.3 Å². The lowest BCUT2D eigenvalue weighted by Gasteiger charge is -1.96. The van der Waals surface area contributed by atoms with E-state index in [1.165, 1.54) is 6.20 Å². The molecule has 19 heavy (non-hydrogen) atoms. The smallest absolute Gasteiger partial charge is 0.230 e. The van der Waals surface area contributed by atoms with Crippen LogP contribution in [0, 0.1) is 6.07 Å². The van der Waals surface area contributed by atoms with Crippen molar-refractivity contribution in [3.8, 4) is 5.75 Å². The molecule has 3 aromatic rings. The Morgan fingerprint density at radius 2 is 2.26 bits per heavy atom. The number of carbonyl (C=O) groups excluding carboxylic acids is 1. The first-order valence-electron chi connectivity index (χ1n) is 5.72. The molecule has 4 heteroatoms. The summed E-state index contributed by atoms with van der Waals surface area (Å²) >= 11 is 0. The highest BCUT2D eigenvalue weighted by Crippen LogP contribution is 2.24. The Bertz CT molecular complexity index is 731. The fourth-order valence-electron chi connectivity index (χ4n) is 1.81. The summed E-state index contributed by atoms with van der Waals surface area (Å²) in [7, 11) is 1.59. The SMILES string of the molecule is COc1ccc2oc(C(=O)c3cccnc3)[c]c2c1. The first kappa shape index (κ1) is 11.5. The fourth-order valence-corrected chi connectivity index (χ4v) is 1.81. The van der Waals surface area contributed by atoms with Gasteiger partial charge in [0.25, 0.3) is 0 Å². The van der Waals surface area contributed by atoms with Crippen LogP contribution in [0.25, 0.3) is 11.0 Å². The van der Waals surface area contributed by atoms with E-state index < -0.39 is 0 Å². The van der Waals surface area contributed by atoms with Crippen molar-refractivity contribution in [1.82, 2.24) is 4.98 Å². The Kier molecular flexibility index (Phi) is 2.76.